The maximum Gasteiger partial charge on any atom is 0.408 e. The van der Waals surface area contributed by atoms with Crippen LogP contribution < -0.4 is 14.8 Å². The topological polar surface area (TPSA) is 56.8 Å². The van der Waals surface area contributed by atoms with Crippen molar-refractivity contribution in [2.75, 3.05) is 13.4 Å². The number of alkyl halides is 2. The molecule has 0 aliphatic carbocycles. The van der Waals surface area contributed by atoms with E-state index in [9.17, 15) is 13.6 Å². The van der Waals surface area contributed by atoms with Crippen LogP contribution in [0.1, 0.15) is 11.6 Å². The number of halogens is 2. The van der Waals surface area contributed by atoms with Crippen LogP contribution in [-0.4, -0.2) is 25.4 Å². The summed E-state index contributed by atoms with van der Waals surface area (Å²) in [4.78, 5) is 11.1. The molecule has 0 unspecified atom stereocenters. The number of hydrogen-bond acceptors (Lipinski definition) is 4. The first-order valence-corrected chi connectivity index (χ1v) is 5.27. The lowest BCUT2D eigenvalue weighted by molar-refractivity contribution is -0.104. The van der Waals surface area contributed by atoms with Crippen molar-refractivity contribution in [2.45, 2.75) is 12.0 Å². The van der Waals surface area contributed by atoms with Gasteiger partial charge < -0.3 is 19.5 Å². The zero-order valence-corrected chi connectivity index (χ0v) is 9.11. The molecule has 0 bridgehead atoms. The summed E-state index contributed by atoms with van der Waals surface area (Å²) >= 11 is 0. The number of nitrogens with one attached hydrogen (secondary N) is 1. The predicted octanol–water partition coefficient (Wildman–Crippen LogP) is 1.83. The quantitative estimate of drug-likeness (QED) is 0.833. The van der Waals surface area contributed by atoms with Crippen LogP contribution in [0, 0.1) is 0 Å². The fraction of sp³-hybridized carbons (Fsp3) is 0.364. The zero-order chi connectivity index (χ0) is 12.8. The summed E-state index contributed by atoms with van der Waals surface area (Å²) in [5.74, 6) is -2.57. The summed E-state index contributed by atoms with van der Waals surface area (Å²) in [6, 6.07) is 3.18. The Morgan fingerprint density at radius 3 is 2.94 bits per heavy atom. The van der Waals surface area contributed by atoms with Gasteiger partial charge in [-0.1, -0.05) is 12.1 Å². The summed E-state index contributed by atoms with van der Waals surface area (Å²) in [6.07, 6.45) is -0.873. The molecule has 2 aliphatic rings. The molecule has 2 heterocycles. The summed E-state index contributed by atoms with van der Waals surface area (Å²) < 4.78 is 42.1. The highest BCUT2D eigenvalue weighted by Gasteiger charge is 2.48. The number of amides is 1. The smallest absolute Gasteiger partial charge is 0.408 e. The van der Waals surface area contributed by atoms with Crippen LogP contribution in [0.25, 0.3) is 0 Å². The third kappa shape index (κ3) is 1.62. The average molecular weight is 257 g/mol. The average Bonchev–Trinajstić information content (AvgIpc) is 2.80. The second-order valence-corrected chi connectivity index (χ2v) is 4.00. The van der Waals surface area contributed by atoms with E-state index in [-0.39, 0.29) is 18.1 Å². The predicted molar refractivity (Wildman–Crippen MR) is 54.7 cm³/mol. The van der Waals surface area contributed by atoms with Gasteiger partial charge in [0.2, 0.25) is 6.79 Å². The Balaban J connectivity index is 2.03. The van der Waals surface area contributed by atoms with Crippen LogP contribution in [-0.2, 0) is 4.74 Å². The number of para-hydroxylation sites is 1. The molecule has 0 saturated carbocycles. The van der Waals surface area contributed by atoms with Crippen LogP contribution in [0.2, 0.25) is 0 Å². The van der Waals surface area contributed by atoms with E-state index in [1.54, 1.807) is 12.1 Å². The fourth-order valence-electron chi connectivity index (χ4n) is 2.00. The minimum atomic E-state index is -3.20. The van der Waals surface area contributed by atoms with E-state index in [0.29, 0.717) is 5.75 Å². The number of ether oxygens (including phenoxy) is 3. The molecule has 0 spiro atoms. The third-order valence-electron chi connectivity index (χ3n) is 2.82. The lowest BCUT2D eigenvalue weighted by atomic mass is 9.99. The third-order valence-corrected chi connectivity index (χ3v) is 2.82. The number of cyclic esters (lactones) is 1. The van der Waals surface area contributed by atoms with Gasteiger partial charge in [-0.15, -0.1) is 0 Å². The summed E-state index contributed by atoms with van der Waals surface area (Å²) in [5, 5.41) is 2.11. The second-order valence-electron chi connectivity index (χ2n) is 4.00. The van der Waals surface area contributed by atoms with Crippen LogP contribution in [0.3, 0.4) is 0 Å². The Morgan fingerprint density at radius 2 is 2.11 bits per heavy atom. The molecule has 1 aromatic rings. The Hall–Kier alpha value is -2.05. The van der Waals surface area contributed by atoms with Crippen LogP contribution in [0.15, 0.2) is 18.2 Å². The van der Waals surface area contributed by atoms with Gasteiger partial charge in [-0.05, 0) is 6.07 Å². The molecule has 0 aromatic heterocycles. The molecule has 5 nitrogen and oxygen atoms in total. The summed E-state index contributed by atoms with van der Waals surface area (Å²) in [7, 11) is 0. The molecule has 2 aliphatic heterocycles. The fourth-order valence-corrected chi connectivity index (χ4v) is 2.00. The van der Waals surface area contributed by atoms with Gasteiger partial charge in [-0.25, -0.2) is 13.6 Å². The van der Waals surface area contributed by atoms with E-state index in [1.807, 2.05) is 0 Å². The van der Waals surface area contributed by atoms with Gasteiger partial charge in [0.05, 0.1) is 0 Å². The van der Waals surface area contributed by atoms with Crippen molar-refractivity contribution >= 4 is 6.09 Å². The molecular weight excluding hydrogens is 248 g/mol. The second kappa shape index (κ2) is 3.72. The molecule has 96 valence electrons. The van der Waals surface area contributed by atoms with Crippen molar-refractivity contribution in [3.8, 4) is 11.5 Å². The van der Waals surface area contributed by atoms with Gasteiger partial charge in [0.15, 0.2) is 18.1 Å². The SMILES string of the molecule is O=C1N[C@@H](c2cccc3c2OCO3)C(F)(F)CO1. The molecule has 1 amide bonds. The highest BCUT2D eigenvalue weighted by atomic mass is 19.3. The maximum atomic E-state index is 13.8. The van der Waals surface area contributed by atoms with E-state index in [4.69, 9.17) is 9.47 Å². The van der Waals surface area contributed by atoms with Crippen molar-refractivity contribution in [1.29, 1.82) is 0 Å². The summed E-state index contributed by atoms with van der Waals surface area (Å²) in [6.45, 7) is -0.969. The first kappa shape index (κ1) is 11.1. The number of benzene rings is 1. The number of fused-ring (bicyclic) bond motifs is 1. The summed E-state index contributed by atoms with van der Waals surface area (Å²) in [5.41, 5.74) is 0.187. The highest BCUT2D eigenvalue weighted by Crippen LogP contribution is 2.44. The van der Waals surface area contributed by atoms with Crippen molar-refractivity contribution in [3.63, 3.8) is 0 Å². The lowest BCUT2D eigenvalue weighted by Crippen LogP contribution is -2.49. The molecule has 1 atom stereocenters. The van der Waals surface area contributed by atoms with Gasteiger partial charge in [0.1, 0.15) is 6.04 Å². The molecule has 7 heteroatoms. The first-order chi connectivity index (χ1) is 8.58. The normalized spacial score (nSPS) is 24.3. The largest absolute Gasteiger partial charge is 0.454 e. The molecule has 1 saturated heterocycles. The Morgan fingerprint density at radius 1 is 1.28 bits per heavy atom. The van der Waals surface area contributed by atoms with Crippen LogP contribution in [0.4, 0.5) is 13.6 Å². The molecule has 1 aromatic carbocycles. The van der Waals surface area contributed by atoms with Gasteiger partial charge in [-0.2, -0.15) is 0 Å². The maximum absolute atomic E-state index is 13.8. The minimum absolute atomic E-state index is 0.0188. The molecule has 3 rings (SSSR count). The number of carbonyl (C=O) groups excluding carboxylic acids is 1. The lowest BCUT2D eigenvalue weighted by Gasteiger charge is -2.32. The van der Waals surface area contributed by atoms with Crippen molar-refractivity contribution < 1.29 is 27.8 Å². The molecule has 18 heavy (non-hydrogen) atoms. The number of carbonyl (C=O) groups is 1. The number of alkyl carbamates (subject to hydrolysis) is 1. The first-order valence-electron chi connectivity index (χ1n) is 5.27. The van der Waals surface area contributed by atoms with Gasteiger partial charge in [-0.3, -0.25) is 0 Å². The van der Waals surface area contributed by atoms with E-state index in [0.717, 1.165) is 0 Å². The molecule has 1 N–H and O–H groups in total. The molecule has 0 radical (unpaired) electrons. The zero-order valence-electron chi connectivity index (χ0n) is 9.11. The number of hydrogen-bond donors (Lipinski definition) is 1. The minimum Gasteiger partial charge on any atom is -0.454 e. The Kier molecular flexibility index (Phi) is 2.29. The van der Waals surface area contributed by atoms with Crippen molar-refractivity contribution in [1.82, 2.24) is 5.32 Å². The Bertz CT molecular complexity index is 506. The number of rotatable bonds is 1. The molecule has 1 fully saturated rings. The van der Waals surface area contributed by atoms with Gasteiger partial charge in [0, 0.05) is 5.56 Å². The monoisotopic (exact) mass is 257 g/mol. The van der Waals surface area contributed by atoms with Crippen LogP contribution in [0.5, 0.6) is 11.5 Å². The van der Waals surface area contributed by atoms with Crippen molar-refractivity contribution in [2.24, 2.45) is 0 Å². The Labute approximate surface area is 101 Å². The molecular formula is C11H9F2NO4. The van der Waals surface area contributed by atoms with E-state index in [1.165, 1.54) is 6.07 Å². The highest BCUT2D eigenvalue weighted by molar-refractivity contribution is 5.70. The van der Waals surface area contributed by atoms with E-state index < -0.39 is 24.7 Å². The standard InChI is InChI=1S/C11H9F2NO4/c12-11(13)4-16-10(15)14-9(11)6-2-1-3-7-8(6)18-5-17-7/h1-3,9H,4-5H2,(H,14,15)/t9-/m0/s1. The van der Waals surface area contributed by atoms with Crippen LogP contribution >= 0.6 is 0 Å². The van der Waals surface area contributed by atoms with Gasteiger partial charge >= 0.3 is 12.0 Å². The van der Waals surface area contributed by atoms with E-state index >= 15 is 0 Å². The van der Waals surface area contributed by atoms with Gasteiger partial charge in [0.25, 0.3) is 0 Å². The van der Waals surface area contributed by atoms with E-state index in [2.05, 4.69) is 10.1 Å². The van der Waals surface area contributed by atoms with Crippen molar-refractivity contribution in [3.05, 3.63) is 23.8 Å².